The number of hydrogen-bond acceptors (Lipinski definition) is 4. The molecular weight excluding hydrogens is 526 g/mol. The van der Waals surface area contributed by atoms with E-state index in [1.807, 2.05) is 18.2 Å². The van der Waals surface area contributed by atoms with Crippen molar-refractivity contribution in [2.45, 2.75) is 23.9 Å². The van der Waals surface area contributed by atoms with Crippen LogP contribution in [0.3, 0.4) is 0 Å². The fourth-order valence-electron chi connectivity index (χ4n) is 4.49. The number of piperidine rings is 1. The molecule has 0 bridgehead atoms. The number of amides is 1. The molecule has 2 aliphatic rings. The summed E-state index contributed by atoms with van der Waals surface area (Å²) >= 11 is 11.7. The predicted molar refractivity (Wildman–Crippen MR) is 128 cm³/mol. The molecule has 0 spiro atoms. The van der Waals surface area contributed by atoms with Crippen molar-refractivity contribution in [1.82, 2.24) is 9.21 Å². The molecule has 0 N–H and O–H groups in total. The number of benzene rings is 2. The standard InChI is InChI=1S/C23H24Cl2F3N3O3S/c24-17-2-1-3-18(14-17)29-10-12-30(13-11-29)22(32)16-6-8-31(9-7-16)35(33,34)19-4-5-21(25)20(15-19)23(26,27)28/h1-5,14-16H,6-13H2. The highest BCUT2D eigenvalue weighted by Crippen LogP contribution is 2.37. The van der Waals surface area contributed by atoms with Crippen molar-refractivity contribution in [2.24, 2.45) is 5.92 Å². The molecule has 35 heavy (non-hydrogen) atoms. The molecule has 0 saturated carbocycles. The number of rotatable bonds is 4. The van der Waals surface area contributed by atoms with Crippen molar-refractivity contribution >= 4 is 44.8 Å². The van der Waals surface area contributed by atoms with Gasteiger partial charge in [-0.3, -0.25) is 4.79 Å². The molecule has 0 unspecified atom stereocenters. The summed E-state index contributed by atoms with van der Waals surface area (Å²) in [5.41, 5.74) is -0.193. The number of carbonyl (C=O) groups excluding carboxylic acids is 1. The number of halogens is 5. The van der Waals surface area contributed by atoms with Crippen LogP contribution in [0.5, 0.6) is 0 Å². The Bertz CT molecular complexity index is 1190. The molecule has 2 saturated heterocycles. The average molecular weight is 550 g/mol. The maximum Gasteiger partial charge on any atom is 0.417 e. The third kappa shape index (κ3) is 5.71. The molecule has 2 aromatic rings. The summed E-state index contributed by atoms with van der Waals surface area (Å²) in [5.74, 6) is -0.339. The van der Waals surface area contributed by atoms with Crippen LogP contribution in [-0.2, 0) is 21.0 Å². The van der Waals surface area contributed by atoms with Gasteiger partial charge in [-0.1, -0.05) is 29.3 Å². The number of nitrogens with zero attached hydrogens (tertiary/aromatic N) is 3. The third-order valence-electron chi connectivity index (χ3n) is 6.45. The largest absolute Gasteiger partial charge is 0.417 e. The highest BCUT2D eigenvalue weighted by atomic mass is 35.5. The van der Waals surface area contributed by atoms with Crippen LogP contribution < -0.4 is 4.90 Å². The number of carbonyl (C=O) groups is 1. The van der Waals surface area contributed by atoms with Gasteiger partial charge in [-0.2, -0.15) is 17.5 Å². The second kappa shape index (κ2) is 10.2. The molecule has 2 aliphatic heterocycles. The van der Waals surface area contributed by atoms with Gasteiger partial charge in [0, 0.05) is 55.9 Å². The van der Waals surface area contributed by atoms with Gasteiger partial charge in [0.2, 0.25) is 15.9 Å². The summed E-state index contributed by atoms with van der Waals surface area (Å²) in [5, 5.41) is 0.0900. The minimum atomic E-state index is -4.77. The van der Waals surface area contributed by atoms with E-state index in [0.29, 0.717) is 50.1 Å². The average Bonchev–Trinajstić information content (AvgIpc) is 2.83. The minimum Gasteiger partial charge on any atom is -0.368 e. The summed E-state index contributed by atoms with van der Waals surface area (Å²) in [6.45, 7) is 2.55. The van der Waals surface area contributed by atoms with E-state index in [4.69, 9.17) is 23.2 Å². The van der Waals surface area contributed by atoms with Crippen LogP contribution >= 0.6 is 23.2 Å². The van der Waals surface area contributed by atoms with Gasteiger partial charge in [0.05, 0.1) is 15.5 Å². The van der Waals surface area contributed by atoms with Gasteiger partial charge in [0.1, 0.15) is 0 Å². The number of alkyl halides is 3. The Labute approximate surface area is 212 Å². The van der Waals surface area contributed by atoms with Crippen molar-refractivity contribution in [1.29, 1.82) is 0 Å². The molecule has 1 amide bonds. The lowest BCUT2D eigenvalue weighted by Gasteiger charge is -2.39. The Morgan fingerprint density at radius 3 is 2.17 bits per heavy atom. The Morgan fingerprint density at radius 2 is 1.57 bits per heavy atom. The maximum absolute atomic E-state index is 13.2. The van der Waals surface area contributed by atoms with Gasteiger partial charge in [0.15, 0.2) is 0 Å². The lowest BCUT2D eigenvalue weighted by Crippen LogP contribution is -2.52. The normalized spacial score (nSPS) is 18.7. The lowest BCUT2D eigenvalue weighted by atomic mass is 9.96. The first-order valence-electron chi connectivity index (χ1n) is 11.1. The zero-order valence-corrected chi connectivity index (χ0v) is 21.0. The monoisotopic (exact) mass is 549 g/mol. The molecule has 0 aromatic heterocycles. The van der Waals surface area contributed by atoms with Crippen LogP contribution in [0.25, 0.3) is 0 Å². The van der Waals surface area contributed by atoms with Crippen LogP contribution in [0.1, 0.15) is 18.4 Å². The Kier molecular flexibility index (Phi) is 7.57. The van der Waals surface area contributed by atoms with E-state index in [1.165, 1.54) is 0 Å². The van der Waals surface area contributed by atoms with E-state index in [2.05, 4.69) is 4.90 Å². The number of hydrogen-bond donors (Lipinski definition) is 0. The van der Waals surface area contributed by atoms with E-state index in [0.717, 1.165) is 22.1 Å². The third-order valence-corrected chi connectivity index (χ3v) is 8.91. The van der Waals surface area contributed by atoms with E-state index in [-0.39, 0.29) is 24.9 Å². The first-order valence-corrected chi connectivity index (χ1v) is 13.3. The Balaban J connectivity index is 1.35. The molecule has 0 aliphatic carbocycles. The molecular formula is C23H24Cl2F3N3O3S. The zero-order chi connectivity index (χ0) is 25.4. The van der Waals surface area contributed by atoms with Crippen LogP contribution in [0.4, 0.5) is 18.9 Å². The maximum atomic E-state index is 13.2. The zero-order valence-electron chi connectivity index (χ0n) is 18.6. The van der Waals surface area contributed by atoms with E-state index in [1.54, 1.807) is 11.0 Å². The van der Waals surface area contributed by atoms with Gasteiger partial charge < -0.3 is 9.80 Å². The van der Waals surface area contributed by atoms with Gasteiger partial charge in [-0.05, 0) is 49.2 Å². The van der Waals surface area contributed by atoms with Gasteiger partial charge in [-0.25, -0.2) is 8.42 Å². The number of piperazine rings is 1. The number of anilines is 1. The summed E-state index contributed by atoms with van der Waals surface area (Å²) in [4.78, 5) is 16.5. The van der Waals surface area contributed by atoms with E-state index < -0.39 is 31.7 Å². The quantitative estimate of drug-likeness (QED) is 0.551. The molecule has 12 heteroatoms. The summed E-state index contributed by atoms with van der Waals surface area (Å²) < 4.78 is 66.6. The summed E-state index contributed by atoms with van der Waals surface area (Å²) in [7, 11) is -4.14. The van der Waals surface area contributed by atoms with E-state index in [9.17, 15) is 26.4 Å². The molecule has 2 aromatic carbocycles. The smallest absolute Gasteiger partial charge is 0.368 e. The number of sulfonamides is 1. The second-order valence-electron chi connectivity index (χ2n) is 8.61. The fourth-order valence-corrected chi connectivity index (χ4v) is 6.40. The second-order valence-corrected chi connectivity index (χ2v) is 11.4. The van der Waals surface area contributed by atoms with Crippen molar-refractivity contribution in [2.75, 3.05) is 44.2 Å². The van der Waals surface area contributed by atoms with Gasteiger partial charge in [0.25, 0.3) is 0 Å². The molecule has 190 valence electrons. The molecule has 0 radical (unpaired) electrons. The predicted octanol–water partition coefficient (Wildman–Crippen LogP) is 4.76. The summed E-state index contributed by atoms with van der Waals surface area (Å²) in [6, 6.07) is 10.1. The van der Waals surface area contributed by atoms with E-state index >= 15 is 0 Å². The van der Waals surface area contributed by atoms with Crippen molar-refractivity contribution in [3.8, 4) is 0 Å². The topological polar surface area (TPSA) is 60.9 Å². The minimum absolute atomic E-state index is 0.0151. The van der Waals surface area contributed by atoms with Crippen molar-refractivity contribution in [3.63, 3.8) is 0 Å². The highest BCUT2D eigenvalue weighted by molar-refractivity contribution is 7.89. The van der Waals surface area contributed by atoms with Gasteiger partial charge >= 0.3 is 6.18 Å². The van der Waals surface area contributed by atoms with Crippen LogP contribution in [-0.4, -0.2) is 62.8 Å². The van der Waals surface area contributed by atoms with Crippen molar-refractivity contribution < 1.29 is 26.4 Å². The Morgan fingerprint density at radius 1 is 0.914 bits per heavy atom. The van der Waals surface area contributed by atoms with Crippen LogP contribution in [0, 0.1) is 5.92 Å². The summed E-state index contributed by atoms with van der Waals surface area (Å²) in [6.07, 6.45) is -4.14. The van der Waals surface area contributed by atoms with Crippen LogP contribution in [0.15, 0.2) is 47.4 Å². The molecule has 6 nitrogen and oxygen atoms in total. The first kappa shape index (κ1) is 26.1. The van der Waals surface area contributed by atoms with Crippen LogP contribution in [0.2, 0.25) is 10.0 Å². The highest BCUT2D eigenvalue weighted by Gasteiger charge is 2.38. The first-order chi connectivity index (χ1) is 16.5. The molecule has 0 atom stereocenters. The van der Waals surface area contributed by atoms with Crippen molar-refractivity contribution in [3.05, 3.63) is 58.1 Å². The Hall–Kier alpha value is -2.01. The SMILES string of the molecule is O=C(C1CCN(S(=O)(=O)c2ccc(Cl)c(C(F)(F)F)c2)CC1)N1CCN(c2cccc(Cl)c2)CC1. The fraction of sp³-hybridized carbons (Fsp3) is 0.435. The lowest BCUT2D eigenvalue weighted by molar-refractivity contribution is -0.138. The van der Waals surface area contributed by atoms with Gasteiger partial charge in [-0.15, -0.1) is 0 Å². The molecule has 2 heterocycles. The molecule has 2 fully saturated rings. The molecule has 4 rings (SSSR count).